The summed E-state index contributed by atoms with van der Waals surface area (Å²) in [5.74, 6) is 0.00177. The number of likely N-dealkylation sites (tertiary alicyclic amines) is 1. The molecule has 1 spiro atoms. The summed E-state index contributed by atoms with van der Waals surface area (Å²) in [7, 11) is 1.53. The van der Waals surface area contributed by atoms with Gasteiger partial charge in [-0.05, 0) is 19.8 Å². The van der Waals surface area contributed by atoms with E-state index in [1.54, 1.807) is 11.8 Å². The first kappa shape index (κ1) is 18.1. The lowest BCUT2D eigenvalue weighted by Gasteiger charge is -2.50. The molecule has 1 fully saturated rings. The van der Waals surface area contributed by atoms with Crippen molar-refractivity contribution >= 4 is 23.2 Å². The van der Waals surface area contributed by atoms with E-state index in [1.807, 2.05) is 16.7 Å². The molecule has 2 aliphatic heterocycles. The van der Waals surface area contributed by atoms with Crippen molar-refractivity contribution in [1.82, 2.24) is 24.8 Å². The number of imidazole rings is 1. The lowest BCUT2D eigenvalue weighted by molar-refractivity contribution is -0.145. The number of aromatic amines is 1. The van der Waals surface area contributed by atoms with Crippen LogP contribution in [-0.2, 0) is 21.5 Å². The molecule has 0 unspecified atom stereocenters. The molecular formula is C18H23N5O3S. The summed E-state index contributed by atoms with van der Waals surface area (Å²) in [6.07, 6.45) is 3.80. The normalized spacial score (nSPS) is 18.6. The smallest absolute Gasteiger partial charge is 0.265 e. The molecule has 0 aliphatic carbocycles. The number of piperidine rings is 1. The second-order valence-corrected chi connectivity index (χ2v) is 7.90. The number of aryl methyl sites for hydroxylation is 1. The number of hydrogen-bond donors (Lipinski definition) is 1. The molecule has 0 radical (unpaired) electrons. The number of aromatic nitrogens is 3. The number of fused-ring (bicyclic) bond motifs is 2. The number of carbonyl (C=O) groups excluding carboxylic acids is 2. The minimum Gasteiger partial charge on any atom is -0.375 e. The Morgan fingerprint density at radius 2 is 2.07 bits per heavy atom. The zero-order valence-electron chi connectivity index (χ0n) is 15.5. The summed E-state index contributed by atoms with van der Waals surface area (Å²) in [6.45, 7) is 3.72. The summed E-state index contributed by atoms with van der Waals surface area (Å²) in [5, 5.41) is 0. The van der Waals surface area contributed by atoms with Gasteiger partial charge in [0.05, 0.1) is 28.8 Å². The highest BCUT2D eigenvalue weighted by Gasteiger charge is 2.49. The van der Waals surface area contributed by atoms with Gasteiger partial charge in [0, 0.05) is 38.9 Å². The van der Waals surface area contributed by atoms with Gasteiger partial charge in [0.15, 0.2) is 0 Å². The predicted octanol–water partition coefficient (Wildman–Crippen LogP) is 1.34. The van der Waals surface area contributed by atoms with E-state index in [1.165, 1.54) is 18.4 Å². The van der Waals surface area contributed by atoms with Crippen LogP contribution < -0.4 is 0 Å². The van der Waals surface area contributed by atoms with Gasteiger partial charge >= 0.3 is 0 Å². The lowest BCUT2D eigenvalue weighted by atomic mass is 9.78. The minimum absolute atomic E-state index is 0.0239. The number of nitrogens with one attached hydrogen (secondary N) is 1. The Hall–Kier alpha value is -2.26. The Bertz CT molecular complexity index is 853. The molecule has 1 N–H and O–H groups in total. The van der Waals surface area contributed by atoms with Crippen LogP contribution in [0.5, 0.6) is 0 Å². The van der Waals surface area contributed by atoms with E-state index in [2.05, 4.69) is 15.0 Å². The van der Waals surface area contributed by atoms with Crippen molar-refractivity contribution in [2.45, 2.75) is 31.7 Å². The number of carbonyl (C=O) groups is 2. The molecule has 2 aromatic rings. The van der Waals surface area contributed by atoms with Crippen molar-refractivity contribution in [2.24, 2.45) is 0 Å². The van der Waals surface area contributed by atoms with Crippen molar-refractivity contribution < 1.29 is 14.3 Å². The minimum atomic E-state index is -0.470. The number of hydrogen-bond acceptors (Lipinski definition) is 6. The Labute approximate surface area is 161 Å². The van der Waals surface area contributed by atoms with E-state index >= 15 is 0 Å². The molecular weight excluding hydrogens is 366 g/mol. The maximum absolute atomic E-state index is 12.8. The van der Waals surface area contributed by atoms with Crippen LogP contribution >= 0.6 is 11.3 Å². The number of nitrogens with zero attached hydrogens (tertiary/aromatic N) is 4. The van der Waals surface area contributed by atoms with Crippen LogP contribution in [0.4, 0.5) is 0 Å². The predicted molar refractivity (Wildman–Crippen MR) is 99.5 cm³/mol. The quantitative estimate of drug-likeness (QED) is 0.855. The first-order valence-electron chi connectivity index (χ1n) is 9.08. The second kappa shape index (κ2) is 7.05. The summed E-state index contributed by atoms with van der Waals surface area (Å²) >= 11 is 1.38. The van der Waals surface area contributed by atoms with E-state index in [0.29, 0.717) is 37.4 Å². The summed E-state index contributed by atoms with van der Waals surface area (Å²) in [6, 6.07) is 0. The molecule has 27 heavy (non-hydrogen) atoms. The highest BCUT2D eigenvalue weighted by Crippen LogP contribution is 2.42. The van der Waals surface area contributed by atoms with Crippen molar-refractivity contribution in [1.29, 1.82) is 0 Å². The van der Waals surface area contributed by atoms with E-state index in [0.717, 1.165) is 23.5 Å². The standard InChI is InChI=1S/C18H23N5O3S/c1-12-15(27-11-21-12)17(25)22-7-4-18(5-8-22)16-13(19-10-20-16)3-6-23(18)14(24)9-26-2/h10-11H,3-9H2,1-2H3,(H,19,20). The van der Waals surface area contributed by atoms with Crippen LogP contribution in [0.1, 0.15) is 39.6 Å². The summed E-state index contributed by atoms with van der Waals surface area (Å²) in [4.78, 5) is 42.0. The maximum atomic E-state index is 12.8. The van der Waals surface area contributed by atoms with Crippen LogP contribution in [0.15, 0.2) is 11.8 Å². The van der Waals surface area contributed by atoms with Crippen LogP contribution in [-0.4, -0.2) is 69.9 Å². The van der Waals surface area contributed by atoms with Gasteiger partial charge in [0.1, 0.15) is 11.5 Å². The fraction of sp³-hybridized carbons (Fsp3) is 0.556. The zero-order valence-corrected chi connectivity index (χ0v) is 16.3. The van der Waals surface area contributed by atoms with Gasteiger partial charge in [-0.15, -0.1) is 11.3 Å². The number of methoxy groups -OCH3 is 1. The number of H-pyrrole nitrogens is 1. The van der Waals surface area contributed by atoms with Crippen LogP contribution in [0.25, 0.3) is 0 Å². The SMILES string of the molecule is COCC(=O)N1CCc2[nH]cnc2C12CCN(C(=O)c1scnc1C)CC2. The van der Waals surface area contributed by atoms with Crippen molar-refractivity contribution in [3.63, 3.8) is 0 Å². The zero-order chi connectivity index (χ0) is 19.0. The Balaban J connectivity index is 1.59. The van der Waals surface area contributed by atoms with Gasteiger partial charge in [-0.25, -0.2) is 9.97 Å². The molecule has 0 aromatic carbocycles. The average molecular weight is 389 g/mol. The van der Waals surface area contributed by atoms with Crippen LogP contribution in [0, 0.1) is 6.92 Å². The summed E-state index contributed by atoms with van der Waals surface area (Å²) in [5.41, 5.74) is 4.04. The van der Waals surface area contributed by atoms with Crippen molar-refractivity contribution in [2.75, 3.05) is 33.4 Å². The Morgan fingerprint density at radius 3 is 2.74 bits per heavy atom. The van der Waals surface area contributed by atoms with E-state index in [-0.39, 0.29) is 18.4 Å². The number of rotatable bonds is 3. The second-order valence-electron chi connectivity index (χ2n) is 7.05. The van der Waals surface area contributed by atoms with Gasteiger partial charge in [-0.1, -0.05) is 0 Å². The van der Waals surface area contributed by atoms with Gasteiger partial charge in [0.25, 0.3) is 5.91 Å². The lowest BCUT2D eigenvalue weighted by Crippen LogP contribution is -2.59. The van der Waals surface area contributed by atoms with Crippen molar-refractivity contribution in [3.05, 3.63) is 33.8 Å². The highest BCUT2D eigenvalue weighted by molar-refractivity contribution is 7.11. The molecule has 2 amide bonds. The van der Waals surface area contributed by atoms with Crippen LogP contribution in [0.2, 0.25) is 0 Å². The molecule has 4 heterocycles. The first-order chi connectivity index (χ1) is 13.1. The molecule has 144 valence electrons. The monoisotopic (exact) mass is 389 g/mol. The molecule has 9 heteroatoms. The average Bonchev–Trinajstić information content (AvgIpc) is 3.31. The third-order valence-corrected chi connectivity index (χ3v) is 6.56. The molecule has 0 atom stereocenters. The van der Waals surface area contributed by atoms with Crippen molar-refractivity contribution in [3.8, 4) is 0 Å². The number of ether oxygens (including phenoxy) is 1. The fourth-order valence-corrected chi connectivity index (χ4v) is 5.05. The molecule has 0 bridgehead atoms. The highest BCUT2D eigenvalue weighted by atomic mass is 32.1. The fourth-order valence-electron chi connectivity index (χ4n) is 4.28. The summed E-state index contributed by atoms with van der Waals surface area (Å²) < 4.78 is 5.09. The van der Waals surface area contributed by atoms with E-state index in [4.69, 9.17) is 4.74 Å². The topological polar surface area (TPSA) is 91.4 Å². The first-order valence-corrected chi connectivity index (χ1v) is 9.96. The largest absolute Gasteiger partial charge is 0.375 e. The Morgan fingerprint density at radius 1 is 1.30 bits per heavy atom. The van der Waals surface area contributed by atoms with E-state index < -0.39 is 5.54 Å². The van der Waals surface area contributed by atoms with Crippen LogP contribution in [0.3, 0.4) is 0 Å². The molecule has 8 nitrogen and oxygen atoms in total. The van der Waals surface area contributed by atoms with Gasteiger partial charge in [-0.2, -0.15) is 0 Å². The third-order valence-electron chi connectivity index (χ3n) is 5.65. The maximum Gasteiger partial charge on any atom is 0.265 e. The number of amides is 2. The number of thiazole rings is 1. The van der Waals surface area contributed by atoms with E-state index in [9.17, 15) is 9.59 Å². The molecule has 4 rings (SSSR count). The third kappa shape index (κ3) is 2.94. The van der Waals surface area contributed by atoms with Gasteiger partial charge < -0.3 is 19.5 Å². The molecule has 2 aliphatic rings. The molecule has 1 saturated heterocycles. The van der Waals surface area contributed by atoms with Gasteiger partial charge in [-0.3, -0.25) is 9.59 Å². The molecule has 2 aromatic heterocycles. The Kier molecular flexibility index (Phi) is 4.73. The molecule has 0 saturated carbocycles. The van der Waals surface area contributed by atoms with Gasteiger partial charge in [0.2, 0.25) is 5.91 Å².